The van der Waals surface area contributed by atoms with E-state index in [1.807, 2.05) is 11.5 Å². The molecule has 184 valence electrons. The SMILES string of the molecule is CCOC(=O)[C@H]1CCCN(Cc2cc3cc4c(cc3n(CCN3CCCCC3)c2=O)CCC4)C1. The van der Waals surface area contributed by atoms with Crippen LogP contribution in [0.25, 0.3) is 10.9 Å². The molecule has 3 heterocycles. The largest absolute Gasteiger partial charge is 0.466 e. The van der Waals surface area contributed by atoms with Crippen LogP contribution in [0.5, 0.6) is 0 Å². The molecule has 1 atom stereocenters. The first-order chi connectivity index (χ1) is 16.6. The van der Waals surface area contributed by atoms with E-state index in [0.29, 0.717) is 19.7 Å². The number of carbonyl (C=O) groups is 1. The number of piperidine rings is 2. The number of hydrogen-bond acceptors (Lipinski definition) is 5. The van der Waals surface area contributed by atoms with Crippen molar-refractivity contribution >= 4 is 16.9 Å². The first kappa shape index (κ1) is 23.6. The summed E-state index contributed by atoms with van der Waals surface area (Å²) in [6, 6.07) is 6.74. The van der Waals surface area contributed by atoms with Crippen LogP contribution in [0.3, 0.4) is 0 Å². The molecule has 0 saturated carbocycles. The van der Waals surface area contributed by atoms with Crippen molar-refractivity contribution in [2.75, 3.05) is 39.3 Å². The van der Waals surface area contributed by atoms with Crippen molar-refractivity contribution in [2.45, 2.75) is 71.4 Å². The fourth-order valence-corrected chi connectivity index (χ4v) is 6.16. The van der Waals surface area contributed by atoms with Crippen LogP contribution in [-0.4, -0.2) is 59.7 Å². The Balaban J connectivity index is 1.43. The zero-order valence-electron chi connectivity index (χ0n) is 20.7. The van der Waals surface area contributed by atoms with Crippen LogP contribution >= 0.6 is 0 Å². The van der Waals surface area contributed by atoms with Crippen LogP contribution in [0, 0.1) is 5.92 Å². The summed E-state index contributed by atoms with van der Waals surface area (Å²) in [7, 11) is 0. The number of ether oxygens (including phenoxy) is 1. The molecule has 2 saturated heterocycles. The van der Waals surface area contributed by atoms with Gasteiger partial charge in [0.25, 0.3) is 5.56 Å². The number of pyridine rings is 1. The molecular weight excluding hydrogens is 426 g/mol. The quantitative estimate of drug-likeness (QED) is 0.583. The summed E-state index contributed by atoms with van der Waals surface area (Å²) in [6.07, 6.45) is 9.16. The summed E-state index contributed by atoms with van der Waals surface area (Å²) in [4.78, 5) is 30.9. The third-order valence-electron chi connectivity index (χ3n) is 7.99. The number of nitrogens with zero attached hydrogens (tertiary/aromatic N) is 3. The number of hydrogen-bond donors (Lipinski definition) is 0. The number of likely N-dealkylation sites (tertiary alicyclic amines) is 2. The zero-order chi connectivity index (χ0) is 23.5. The van der Waals surface area contributed by atoms with Crippen molar-refractivity contribution in [3.05, 3.63) is 45.2 Å². The molecule has 0 spiro atoms. The summed E-state index contributed by atoms with van der Waals surface area (Å²) in [5.74, 6) is -0.182. The van der Waals surface area contributed by atoms with Gasteiger partial charge >= 0.3 is 5.97 Å². The number of carbonyl (C=O) groups excluding carboxylic acids is 1. The van der Waals surface area contributed by atoms with Crippen molar-refractivity contribution in [2.24, 2.45) is 5.92 Å². The minimum Gasteiger partial charge on any atom is -0.466 e. The van der Waals surface area contributed by atoms with Gasteiger partial charge in [0.05, 0.1) is 18.0 Å². The molecule has 3 aliphatic rings. The minimum atomic E-state index is -0.0970. The van der Waals surface area contributed by atoms with E-state index >= 15 is 0 Å². The Morgan fingerprint density at radius 2 is 1.71 bits per heavy atom. The third-order valence-corrected chi connectivity index (χ3v) is 7.99. The topological polar surface area (TPSA) is 54.8 Å². The standard InChI is InChI=1S/C28H39N3O3/c1-2-34-28(33)23-10-7-13-30(19-23)20-25-17-24-16-21-8-6-9-22(21)18-26(24)31(27(25)32)15-14-29-11-4-3-5-12-29/h16-18,23H,2-15,19-20H2,1H3/t23-/m0/s1. The normalized spacial score (nSPS) is 21.6. The maximum absolute atomic E-state index is 13.8. The number of aryl methyl sites for hydroxylation is 2. The number of esters is 1. The van der Waals surface area contributed by atoms with Gasteiger partial charge in [-0.1, -0.05) is 6.42 Å². The highest BCUT2D eigenvalue weighted by atomic mass is 16.5. The summed E-state index contributed by atoms with van der Waals surface area (Å²) >= 11 is 0. The van der Waals surface area contributed by atoms with Crippen LogP contribution in [0.2, 0.25) is 0 Å². The predicted molar refractivity (Wildman–Crippen MR) is 135 cm³/mol. The highest BCUT2D eigenvalue weighted by Crippen LogP contribution is 2.28. The van der Waals surface area contributed by atoms with Crippen LogP contribution in [0.1, 0.15) is 62.1 Å². The summed E-state index contributed by atoms with van der Waals surface area (Å²) in [6.45, 7) is 8.45. The first-order valence-electron chi connectivity index (χ1n) is 13.4. The monoisotopic (exact) mass is 465 g/mol. The molecular formula is C28H39N3O3. The van der Waals surface area contributed by atoms with Crippen LogP contribution in [-0.2, 0) is 35.5 Å². The molecule has 0 radical (unpaired) electrons. The van der Waals surface area contributed by atoms with Crippen LogP contribution in [0.4, 0.5) is 0 Å². The predicted octanol–water partition coefficient (Wildman–Crippen LogP) is 3.75. The van der Waals surface area contributed by atoms with Gasteiger partial charge in [-0.3, -0.25) is 14.5 Å². The summed E-state index contributed by atoms with van der Waals surface area (Å²) in [5.41, 5.74) is 4.95. The molecule has 5 rings (SSSR count). The lowest BCUT2D eigenvalue weighted by molar-refractivity contribution is -0.150. The van der Waals surface area contributed by atoms with Gasteiger partial charge in [0.1, 0.15) is 0 Å². The Labute approximate surface area is 202 Å². The van der Waals surface area contributed by atoms with Crippen molar-refractivity contribution < 1.29 is 9.53 Å². The van der Waals surface area contributed by atoms with E-state index in [1.165, 1.54) is 42.2 Å². The first-order valence-corrected chi connectivity index (χ1v) is 13.4. The molecule has 1 aromatic carbocycles. The molecule has 2 fully saturated rings. The van der Waals surface area contributed by atoms with Crippen LogP contribution in [0.15, 0.2) is 23.0 Å². The molecule has 0 bridgehead atoms. The number of rotatable bonds is 7. The van der Waals surface area contributed by atoms with Gasteiger partial charge in [-0.2, -0.15) is 0 Å². The van der Waals surface area contributed by atoms with Crippen molar-refractivity contribution in [1.29, 1.82) is 0 Å². The number of aromatic nitrogens is 1. The maximum Gasteiger partial charge on any atom is 0.310 e. The lowest BCUT2D eigenvalue weighted by Gasteiger charge is -2.31. The smallest absolute Gasteiger partial charge is 0.310 e. The second-order valence-electron chi connectivity index (χ2n) is 10.4. The molecule has 0 amide bonds. The fourth-order valence-electron chi connectivity index (χ4n) is 6.16. The molecule has 2 aromatic rings. The maximum atomic E-state index is 13.8. The number of benzene rings is 1. The zero-order valence-corrected chi connectivity index (χ0v) is 20.7. The average Bonchev–Trinajstić information content (AvgIpc) is 3.31. The van der Waals surface area contributed by atoms with Gasteiger partial charge in [0, 0.05) is 31.7 Å². The van der Waals surface area contributed by atoms with Gasteiger partial charge in [-0.05, 0) is 106 Å². The lowest BCUT2D eigenvalue weighted by atomic mass is 9.97. The van der Waals surface area contributed by atoms with Gasteiger partial charge in [0.2, 0.25) is 0 Å². The number of fused-ring (bicyclic) bond motifs is 2. The van der Waals surface area contributed by atoms with E-state index in [9.17, 15) is 9.59 Å². The van der Waals surface area contributed by atoms with E-state index in [2.05, 4.69) is 28.0 Å². The molecule has 2 aliphatic heterocycles. The van der Waals surface area contributed by atoms with Gasteiger partial charge in [-0.15, -0.1) is 0 Å². The van der Waals surface area contributed by atoms with Gasteiger partial charge in [-0.25, -0.2) is 0 Å². The Morgan fingerprint density at radius 3 is 2.50 bits per heavy atom. The highest BCUT2D eigenvalue weighted by Gasteiger charge is 2.27. The Bertz CT molecular complexity index is 1090. The molecule has 1 aromatic heterocycles. The Morgan fingerprint density at radius 1 is 0.941 bits per heavy atom. The molecule has 1 aliphatic carbocycles. The van der Waals surface area contributed by atoms with E-state index in [0.717, 1.165) is 69.5 Å². The molecule has 0 unspecified atom stereocenters. The van der Waals surface area contributed by atoms with Crippen molar-refractivity contribution in [3.8, 4) is 0 Å². The van der Waals surface area contributed by atoms with E-state index in [-0.39, 0.29) is 17.4 Å². The third kappa shape index (κ3) is 5.08. The van der Waals surface area contributed by atoms with E-state index < -0.39 is 0 Å². The summed E-state index contributed by atoms with van der Waals surface area (Å²) < 4.78 is 7.32. The average molecular weight is 466 g/mol. The Hall–Kier alpha value is -2.18. The van der Waals surface area contributed by atoms with Crippen molar-refractivity contribution in [1.82, 2.24) is 14.4 Å². The van der Waals surface area contributed by atoms with Crippen LogP contribution < -0.4 is 5.56 Å². The molecule has 0 N–H and O–H groups in total. The molecule has 6 nitrogen and oxygen atoms in total. The van der Waals surface area contributed by atoms with Gasteiger partial charge in [0.15, 0.2) is 0 Å². The van der Waals surface area contributed by atoms with E-state index in [1.54, 1.807) is 0 Å². The fraction of sp³-hybridized carbons (Fsp3) is 0.643. The Kier molecular flexibility index (Phi) is 7.35. The molecule has 34 heavy (non-hydrogen) atoms. The lowest BCUT2D eigenvalue weighted by Crippen LogP contribution is -2.41. The van der Waals surface area contributed by atoms with E-state index in [4.69, 9.17) is 4.74 Å². The molecule has 6 heteroatoms. The minimum absolute atomic E-state index is 0.0845. The van der Waals surface area contributed by atoms with Crippen molar-refractivity contribution in [3.63, 3.8) is 0 Å². The second-order valence-corrected chi connectivity index (χ2v) is 10.4. The summed E-state index contributed by atoms with van der Waals surface area (Å²) in [5, 5.41) is 1.19. The van der Waals surface area contributed by atoms with Gasteiger partial charge < -0.3 is 14.2 Å². The second kappa shape index (κ2) is 10.6. The highest BCUT2D eigenvalue weighted by molar-refractivity contribution is 5.82.